The van der Waals surface area contributed by atoms with E-state index in [-0.39, 0.29) is 6.61 Å². The summed E-state index contributed by atoms with van der Waals surface area (Å²) in [6, 6.07) is 37.2. The van der Waals surface area contributed by atoms with Gasteiger partial charge in [-0.15, -0.1) is 0 Å². The zero-order valence-electron chi connectivity index (χ0n) is 24.7. The molecule has 4 aromatic rings. The van der Waals surface area contributed by atoms with E-state index in [0.29, 0.717) is 32.1 Å². The monoisotopic (exact) mass is 595 g/mol. The lowest BCUT2D eigenvalue weighted by atomic mass is 9.97. The molecule has 228 valence electrons. The Kier molecular flexibility index (Phi) is 11.9. The summed E-state index contributed by atoms with van der Waals surface area (Å²) in [5, 5.41) is 3.63. The Balaban J connectivity index is 1.37. The SMILES string of the molecule is COC1O[C@H](COCc2ccc(N=[N+]=[N-])cc2)[C@@H](OCc2ccccc2)[C@H](OCc2ccccc2)[C@H]1OCc1ccccc1. The van der Waals surface area contributed by atoms with E-state index in [2.05, 4.69) is 10.0 Å². The van der Waals surface area contributed by atoms with Gasteiger partial charge in [0.05, 0.1) is 33.0 Å². The van der Waals surface area contributed by atoms with Gasteiger partial charge < -0.3 is 28.4 Å². The van der Waals surface area contributed by atoms with Crippen molar-refractivity contribution < 1.29 is 28.4 Å². The van der Waals surface area contributed by atoms with Crippen LogP contribution in [0.25, 0.3) is 10.4 Å². The zero-order chi connectivity index (χ0) is 30.4. The first-order valence-electron chi connectivity index (χ1n) is 14.6. The van der Waals surface area contributed by atoms with E-state index >= 15 is 0 Å². The van der Waals surface area contributed by atoms with Crippen molar-refractivity contribution in [1.29, 1.82) is 0 Å². The maximum atomic E-state index is 8.67. The van der Waals surface area contributed by atoms with Gasteiger partial charge in [-0.2, -0.15) is 0 Å². The molecule has 0 saturated carbocycles. The molecule has 0 N–H and O–H groups in total. The van der Waals surface area contributed by atoms with Crippen molar-refractivity contribution in [3.63, 3.8) is 0 Å². The highest BCUT2D eigenvalue weighted by Gasteiger charge is 2.48. The highest BCUT2D eigenvalue weighted by molar-refractivity contribution is 5.38. The number of azide groups is 1. The predicted molar refractivity (Wildman–Crippen MR) is 166 cm³/mol. The highest BCUT2D eigenvalue weighted by atomic mass is 16.7. The normalized spacial score (nSPS) is 21.4. The fourth-order valence-corrected chi connectivity index (χ4v) is 5.07. The van der Waals surface area contributed by atoms with Crippen molar-refractivity contribution in [3.05, 3.63) is 148 Å². The average molecular weight is 596 g/mol. The fourth-order valence-electron chi connectivity index (χ4n) is 5.07. The number of nitrogens with zero attached hydrogens (tertiary/aromatic N) is 3. The van der Waals surface area contributed by atoms with Crippen LogP contribution in [0.2, 0.25) is 0 Å². The molecule has 0 aromatic heterocycles. The minimum atomic E-state index is -0.715. The summed E-state index contributed by atoms with van der Waals surface area (Å²) < 4.78 is 38.2. The molecule has 9 heteroatoms. The van der Waals surface area contributed by atoms with Gasteiger partial charge in [-0.25, -0.2) is 0 Å². The maximum absolute atomic E-state index is 8.67. The third-order valence-electron chi connectivity index (χ3n) is 7.33. The summed E-state index contributed by atoms with van der Waals surface area (Å²) in [5.41, 5.74) is 13.2. The van der Waals surface area contributed by atoms with Crippen LogP contribution in [-0.2, 0) is 54.8 Å². The minimum Gasteiger partial charge on any atom is -0.374 e. The van der Waals surface area contributed by atoms with Crippen molar-refractivity contribution in [2.75, 3.05) is 13.7 Å². The van der Waals surface area contributed by atoms with Gasteiger partial charge in [0.15, 0.2) is 6.29 Å². The third kappa shape index (κ3) is 8.98. The van der Waals surface area contributed by atoms with E-state index in [0.717, 1.165) is 22.3 Å². The second kappa shape index (κ2) is 16.7. The molecular formula is C35H37N3O6. The van der Waals surface area contributed by atoms with Crippen molar-refractivity contribution in [2.24, 2.45) is 5.11 Å². The first-order valence-corrected chi connectivity index (χ1v) is 14.6. The van der Waals surface area contributed by atoms with E-state index in [1.165, 1.54) is 0 Å². The second-order valence-electron chi connectivity index (χ2n) is 10.4. The van der Waals surface area contributed by atoms with E-state index < -0.39 is 30.7 Å². The number of ether oxygens (including phenoxy) is 6. The van der Waals surface area contributed by atoms with Gasteiger partial charge in [-0.1, -0.05) is 120 Å². The maximum Gasteiger partial charge on any atom is 0.186 e. The highest BCUT2D eigenvalue weighted by Crippen LogP contribution is 2.31. The fraction of sp³-hybridized carbons (Fsp3) is 0.314. The summed E-state index contributed by atoms with van der Waals surface area (Å²) in [7, 11) is 1.60. The summed E-state index contributed by atoms with van der Waals surface area (Å²) in [6.45, 7) is 1.65. The largest absolute Gasteiger partial charge is 0.374 e. The first-order chi connectivity index (χ1) is 21.7. The molecule has 44 heavy (non-hydrogen) atoms. The smallest absolute Gasteiger partial charge is 0.186 e. The van der Waals surface area contributed by atoms with Crippen LogP contribution in [0.3, 0.4) is 0 Å². The van der Waals surface area contributed by atoms with Crippen LogP contribution in [0.15, 0.2) is 120 Å². The Bertz CT molecular complexity index is 1440. The molecule has 0 bridgehead atoms. The van der Waals surface area contributed by atoms with E-state index in [1.54, 1.807) is 19.2 Å². The van der Waals surface area contributed by atoms with Gasteiger partial charge >= 0.3 is 0 Å². The lowest BCUT2D eigenvalue weighted by molar-refractivity contribution is -0.323. The predicted octanol–water partition coefficient (Wildman–Crippen LogP) is 7.27. The van der Waals surface area contributed by atoms with Crippen molar-refractivity contribution in [3.8, 4) is 0 Å². The Labute approximate surface area is 257 Å². The number of methoxy groups -OCH3 is 1. The molecular weight excluding hydrogens is 558 g/mol. The molecule has 1 fully saturated rings. The average Bonchev–Trinajstić information content (AvgIpc) is 3.08. The molecule has 0 radical (unpaired) electrons. The number of benzene rings is 4. The lowest BCUT2D eigenvalue weighted by Gasteiger charge is -2.45. The summed E-state index contributed by atoms with van der Waals surface area (Å²) >= 11 is 0. The number of hydrogen-bond donors (Lipinski definition) is 0. The Morgan fingerprint density at radius 3 is 1.59 bits per heavy atom. The Morgan fingerprint density at radius 1 is 0.614 bits per heavy atom. The van der Waals surface area contributed by atoms with Gasteiger partial charge in [-0.05, 0) is 27.8 Å². The van der Waals surface area contributed by atoms with Gasteiger partial charge in [-0.3, -0.25) is 0 Å². The molecule has 1 aliphatic heterocycles. The number of hydrogen-bond acceptors (Lipinski definition) is 7. The van der Waals surface area contributed by atoms with Crippen molar-refractivity contribution in [2.45, 2.75) is 57.1 Å². The van der Waals surface area contributed by atoms with E-state index in [1.807, 2.05) is 103 Å². The molecule has 5 rings (SSSR count). The van der Waals surface area contributed by atoms with Crippen LogP contribution in [0.4, 0.5) is 5.69 Å². The Hall–Kier alpha value is -4.05. The summed E-state index contributed by atoms with van der Waals surface area (Å²) in [4.78, 5) is 2.83. The van der Waals surface area contributed by atoms with Crippen LogP contribution in [0.5, 0.6) is 0 Å². The molecule has 0 amide bonds. The quantitative estimate of drug-likeness (QED) is 0.0813. The first kappa shape index (κ1) is 31.4. The van der Waals surface area contributed by atoms with E-state index in [9.17, 15) is 0 Å². The topological polar surface area (TPSA) is 104 Å². The van der Waals surface area contributed by atoms with Crippen molar-refractivity contribution in [1.82, 2.24) is 0 Å². The van der Waals surface area contributed by atoms with Crippen LogP contribution in [0, 0.1) is 0 Å². The second-order valence-corrected chi connectivity index (χ2v) is 10.4. The van der Waals surface area contributed by atoms with Gasteiger partial charge in [0.2, 0.25) is 0 Å². The molecule has 0 spiro atoms. The van der Waals surface area contributed by atoms with E-state index in [4.69, 9.17) is 34.0 Å². The summed E-state index contributed by atoms with van der Waals surface area (Å²) in [5.74, 6) is 0. The molecule has 5 atom stereocenters. The Morgan fingerprint density at radius 2 is 1.09 bits per heavy atom. The minimum absolute atomic E-state index is 0.230. The molecule has 0 aliphatic carbocycles. The molecule has 9 nitrogen and oxygen atoms in total. The third-order valence-corrected chi connectivity index (χ3v) is 7.33. The molecule has 1 saturated heterocycles. The standard InChI is InChI=1S/C35H37N3O6/c1-39-35-34(43-24-28-15-9-4-10-16-28)33(42-23-27-13-7-3-8-14-27)32(41-22-26-11-5-2-6-12-26)31(44-35)25-40-21-29-17-19-30(20-18-29)37-38-36/h2-20,31-35H,21-25H2,1H3/t31-,32-,33+,34-,35?/m1/s1. The lowest BCUT2D eigenvalue weighted by Crippen LogP contribution is -2.61. The van der Waals surface area contributed by atoms with Crippen molar-refractivity contribution >= 4 is 5.69 Å². The zero-order valence-corrected chi connectivity index (χ0v) is 24.7. The molecule has 1 heterocycles. The molecule has 1 unspecified atom stereocenters. The molecule has 4 aromatic carbocycles. The van der Waals surface area contributed by atoms with Crippen LogP contribution in [0.1, 0.15) is 22.3 Å². The van der Waals surface area contributed by atoms with Gasteiger partial charge in [0.1, 0.15) is 24.4 Å². The molecule has 1 aliphatic rings. The number of rotatable bonds is 15. The van der Waals surface area contributed by atoms with Crippen LogP contribution in [-0.4, -0.2) is 44.4 Å². The van der Waals surface area contributed by atoms with Crippen LogP contribution < -0.4 is 0 Å². The van der Waals surface area contributed by atoms with Gasteiger partial charge in [0, 0.05) is 17.7 Å². The van der Waals surface area contributed by atoms with Gasteiger partial charge in [0.25, 0.3) is 0 Å². The van der Waals surface area contributed by atoms with Crippen LogP contribution >= 0.6 is 0 Å². The summed E-state index contributed by atoms with van der Waals surface area (Å²) in [6.07, 6.45) is -2.86.